The molecule has 0 aliphatic carbocycles. The number of benzene rings is 1. The number of thioether (sulfide) groups is 1. The number of amides is 1. The Kier molecular flexibility index (Phi) is 4.60. The SMILES string of the molecule is C[C@H](Sc1[nH+]c(N)c(C#N)cc1C#N)C(=O)N1CCc2ccccc21. The molecule has 3 N–H and O–H groups in total. The average Bonchev–Trinajstić information content (AvgIpc) is 3.05. The van der Waals surface area contributed by atoms with Gasteiger partial charge in [0.1, 0.15) is 23.3 Å². The van der Waals surface area contributed by atoms with E-state index in [2.05, 4.69) is 4.98 Å². The maximum Gasteiger partial charge on any atom is 0.289 e. The van der Waals surface area contributed by atoms with E-state index in [4.69, 9.17) is 11.0 Å². The third-order valence-electron chi connectivity index (χ3n) is 4.11. The van der Waals surface area contributed by atoms with E-state index >= 15 is 0 Å². The Morgan fingerprint density at radius 1 is 1.32 bits per heavy atom. The highest BCUT2D eigenvalue weighted by Gasteiger charge is 2.29. The number of para-hydroxylation sites is 1. The monoisotopic (exact) mass is 350 g/mol. The van der Waals surface area contributed by atoms with Crippen molar-refractivity contribution in [3.63, 3.8) is 0 Å². The number of aromatic nitrogens is 1. The Morgan fingerprint density at radius 3 is 2.76 bits per heavy atom. The number of carbonyl (C=O) groups excluding carboxylic acids is 1. The number of nitriles is 2. The van der Waals surface area contributed by atoms with E-state index in [1.54, 1.807) is 11.8 Å². The predicted molar refractivity (Wildman–Crippen MR) is 94.7 cm³/mol. The van der Waals surface area contributed by atoms with Crippen LogP contribution in [0.1, 0.15) is 23.6 Å². The number of H-pyrrole nitrogens is 1. The lowest BCUT2D eigenvalue weighted by Gasteiger charge is -2.21. The number of nitrogens with two attached hydrogens (primary N) is 1. The number of rotatable bonds is 3. The molecule has 1 aliphatic heterocycles. The molecular weight excluding hydrogens is 334 g/mol. The molecule has 0 saturated heterocycles. The van der Waals surface area contributed by atoms with Crippen LogP contribution in [-0.4, -0.2) is 17.7 Å². The van der Waals surface area contributed by atoms with Crippen molar-refractivity contribution in [1.29, 1.82) is 10.5 Å². The molecule has 25 heavy (non-hydrogen) atoms. The van der Waals surface area contributed by atoms with Gasteiger partial charge in [0.05, 0.1) is 5.25 Å². The molecule has 0 spiro atoms. The molecule has 1 amide bonds. The fourth-order valence-electron chi connectivity index (χ4n) is 2.83. The van der Waals surface area contributed by atoms with Gasteiger partial charge in [-0.25, -0.2) is 4.98 Å². The van der Waals surface area contributed by atoms with Crippen LogP contribution in [-0.2, 0) is 11.2 Å². The molecule has 1 aromatic carbocycles. The fourth-order valence-corrected chi connectivity index (χ4v) is 3.81. The molecule has 2 heterocycles. The predicted octanol–water partition coefficient (Wildman–Crippen LogP) is 1.90. The normalized spacial score (nSPS) is 13.6. The quantitative estimate of drug-likeness (QED) is 0.851. The van der Waals surface area contributed by atoms with E-state index < -0.39 is 5.25 Å². The maximum atomic E-state index is 12.8. The summed E-state index contributed by atoms with van der Waals surface area (Å²) in [5.74, 6) is 0.172. The molecule has 1 aliphatic rings. The molecule has 7 heteroatoms. The van der Waals surface area contributed by atoms with E-state index in [1.807, 2.05) is 36.4 Å². The third kappa shape index (κ3) is 3.15. The van der Waals surface area contributed by atoms with Gasteiger partial charge in [-0.3, -0.25) is 10.5 Å². The molecule has 1 atom stereocenters. The minimum absolute atomic E-state index is 0.0184. The standard InChI is InChI=1S/C18H15N5OS/c1-11(18(24)23-7-6-12-4-2-3-5-15(12)23)25-17-14(10-20)8-13(9-19)16(21)22-17/h2-5,8,11H,6-7H2,1H3,(H2,21,22)/p+1/t11-/m0/s1. The minimum atomic E-state index is -0.401. The number of pyridine rings is 1. The molecule has 0 saturated carbocycles. The van der Waals surface area contributed by atoms with Crippen LogP contribution in [0.4, 0.5) is 11.5 Å². The number of aromatic amines is 1. The number of hydrogen-bond acceptors (Lipinski definition) is 5. The molecule has 0 radical (unpaired) electrons. The molecule has 6 nitrogen and oxygen atoms in total. The number of fused-ring (bicyclic) bond motifs is 1. The number of nitrogens with zero attached hydrogens (tertiary/aromatic N) is 3. The van der Waals surface area contributed by atoms with Gasteiger partial charge in [0.2, 0.25) is 5.91 Å². The summed E-state index contributed by atoms with van der Waals surface area (Å²) >= 11 is 1.24. The summed E-state index contributed by atoms with van der Waals surface area (Å²) < 4.78 is 0. The van der Waals surface area contributed by atoms with Crippen LogP contribution in [0.15, 0.2) is 35.4 Å². The van der Waals surface area contributed by atoms with E-state index in [9.17, 15) is 10.1 Å². The second-order valence-electron chi connectivity index (χ2n) is 5.69. The third-order valence-corrected chi connectivity index (χ3v) is 5.22. The van der Waals surface area contributed by atoms with Gasteiger partial charge in [-0.2, -0.15) is 10.5 Å². The van der Waals surface area contributed by atoms with Gasteiger partial charge in [0.25, 0.3) is 5.82 Å². The van der Waals surface area contributed by atoms with Crippen LogP contribution in [0.2, 0.25) is 0 Å². The zero-order valence-electron chi connectivity index (χ0n) is 13.6. The van der Waals surface area contributed by atoms with Crippen LogP contribution >= 0.6 is 11.8 Å². The second kappa shape index (κ2) is 6.84. The van der Waals surface area contributed by atoms with Gasteiger partial charge in [-0.1, -0.05) is 30.0 Å². The number of nitrogen functional groups attached to an aromatic ring is 1. The van der Waals surface area contributed by atoms with Gasteiger partial charge in [-0.15, -0.1) is 0 Å². The highest BCUT2D eigenvalue weighted by molar-refractivity contribution is 8.00. The van der Waals surface area contributed by atoms with Gasteiger partial charge >= 0.3 is 0 Å². The van der Waals surface area contributed by atoms with Crippen molar-refractivity contribution in [3.05, 3.63) is 47.0 Å². The van der Waals surface area contributed by atoms with Crippen molar-refractivity contribution < 1.29 is 9.78 Å². The number of carbonyl (C=O) groups is 1. The van der Waals surface area contributed by atoms with Gasteiger partial charge in [0, 0.05) is 12.2 Å². The Labute approximate surface area is 149 Å². The second-order valence-corrected chi connectivity index (χ2v) is 7.04. The number of nitrogens with one attached hydrogen (secondary N) is 1. The van der Waals surface area contributed by atoms with E-state index in [0.29, 0.717) is 17.1 Å². The van der Waals surface area contributed by atoms with Crippen LogP contribution in [0.5, 0.6) is 0 Å². The van der Waals surface area contributed by atoms with E-state index in [0.717, 1.165) is 12.1 Å². The summed E-state index contributed by atoms with van der Waals surface area (Å²) in [6.07, 6.45) is 0.846. The Hall–Kier alpha value is -3.03. The molecule has 3 rings (SSSR count). The fraction of sp³-hybridized carbons (Fsp3) is 0.222. The van der Waals surface area contributed by atoms with E-state index in [-0.39, 0.29) is 17.3 Å². The Balaban J connectivity index is 1.83. The first-order chi connectivity index (χ1) is 12.0. The zero-order valence-corrected chi connectivity index (χ0v) is 14.4. The molecule has 0 fully saturated rings. The lowest BCUT2D eigenvalue weighted by Crippen LogP contribution is -2.35. The molecule has 0 unspecified atom stereocenters. The van der Waals surface area contributed by atoms with Crippen molar-refractivity contribution in [2.24, 2.45) is 0 Å². The van der Waals surface area contributed by atoms with Crippen LogP contribution in [0, 0.1) is 22.7 Å². The van der Waals surface area contributed by atoms with Crippen LogP contribution in [0.25, 0.3) is 0 Å². The summed E-state index contributed by atoms with van der Waals surface area (Å²) in [6, 6.07) is 13.3. The molecule has 2 aromatic rings. The molecule has 1 aromatic heterocycles. The Bertz CT molecular complexity index is 928. The van der Waals surface area contributed by atoms with Gasteiger partial charge in [0.15, 0.2) is 5.03 Å². The first-order valence-corrected chi connectivity index (χ1v) is 8.65. The van der Waals surface area contributed by atoms with E-state index in [1.165, 1.54) is 23.4 Å². The summed E-state index contributed by atoms with van der Waals surface area (Å²) in [6.45, 7) is 2.46. The smallest absolute Gasteiger partial charge is 0.289 e. The van der Waals surface area contributed by atoms with Crippen molar-refractivity contribution in [2.75, 3.05) is 17.2 Å². The highest BCUT2D eigenvalue weighted by atomic mass is 32.2. The highest BCUT2D eigenvalue weighted by Crippen LogP contribution is 2.31. The van der Waals surface area contributed by atoms with Gasteiger partial charge in [-0.05, 0) is 31.0 Å². The largest absolute Gasteiger partial charge is 0.311 e. The molecule has 0 bridgehead atoms. The summed E-state index contributed by atoms with van der Waals surface area (Å²) in [4.78, 5) is 17.5. The summed E-state index contributed by atoms with van der Waals surface area (Å²) in [5.41, 5.74) is 8.43. The lowest BCUT2D eigenvalue weighted by atomic mass is 10.2. The van der Waals surface area contributed by atoms with Crippen molar-refractivity contribution in [2.45, 2.75) is 23.6 Å². The minimum Gasteiger partial charge on any atom is -0.311 e. The average molecular weight is 350 g/mol. The van der Waals surface area contributed by atoms with Gasteiger partial charge < -0.3 is 4.90 Å². The molecular formula is C18H16N5OS+. The maximum absolute atomic E-state index is 12.8. The zero-order chi connectivity index (χ0) is 18.0. The first-order valence-electron chi connectivity index (χ1n) is 7.77. The van der Waals surface area contributed by atoms with Crippen molar-refractivity contribution >= 4 is 29.2 Å². The number of anilines is 2. The van der Waals surface area contributed by atoms with Crippen LogP contribution < -0.4 is 15.6 Å². The summed E-state index contributed by atoms with van der Waals surface area (Å²) in [7, 11) is 0. The lowest BCUT2D eigenvalue weighted by molar-refractivity contribution is -0.410. The Morgan fingerprint density at radius 2 is 2.04 bits per heavy atom. The number of hydrogen-bond donors (Lipinski definition) is 1. The summed E-state index contributed by atoms with van der Waals surface area (Å²) in [5, 5.41) is 18.4. The van der Waals surface area contributed by atoms with Crippen LogP contribution in [0.3, 0.4) is 0 Å². The first kappa shape index (κ1) is 16.8. The van der Waals surface area contributed by atoms with Crippen molar-refractivity contribution in [3.8, 4) is 12.1 Å². The molecule has 124 valence electrons. The topological polar surface area (TPSA) is 108 Å². The van der Waals surface area contributed by atoms with Crippen molar-refractivity contribution in [1.82, 2.24) is 0 Å².